The third kappa shape index (κ3) is 11.9. The van der Waals surface area contributed by atoms with Crippen LogP contribution in [0.1, 0.15) is 41.5 Å². The van der Waals surface area contributed by atoms with Crippen LogP contribution in [0.5, 0.6) is 0 Å². The second-order valence-corrected chi connectivity index (χ2v) is 1.67. The molecule has 0 aliphatic carbocycles. The van der Waals surface area contributed by atoms with E-state index in [9.17, 15) is 0 Å². The van der Waals surface area contributed by atoms with Crippen molar-refractivity contribution in [3.63, 3.8) is 0 Å². The zero-order chi connectivity index (χ0) is 10.6. The van der Waals surface area contributed by atoms with Gasteiger partial charge in [-0.15, -0.1) is 0 Å². The zero-order valence-electron chi connectivity index (χ0n) is 9.60. The van der Waals surface area contributed by atoms with Crippen molar-refractivity contribution in [1.29, 1.82) is 5.41 Å². The average molecular weight is 172 g/mol. The summed E-state index contributed by atoms with van der Waals surface area (Å²) in [5.74, 6) is 0. The Morgan fingerprint density at radius 2 is 1.50 bits per heavy atom. The lowest BCUT2D eigenvalue weighted by Gasteiger charge is -2.10. The van der Waals surface area contributed by atoms with E-state index in [1.807, 2.05) is 54.7 Å². The van der Waals surface area contributed by atoms with Crippen LogP contribution in [0.3, 0.4) is 0 Å². The number of hydrogen-bond acceptors (Lipinski definition) is 1. The third-order valence-corrected chi connectivity index (χ3v) is 1.17. The predicted molar refractivity (Wildman–Crippen MR) is 58.7 cm³/mol. The molecule has 0 atom stereocenters. The van der Waals surface area contributed by atoms with E-state index in [-0.39, 0.29) is 0 Å². The molecule has 1 N–H and O–H groups in total. The molecule has 74 valence electrons. The fraction of sp³-hybridized carbons (Fsp3) is 0.700. The molecule has 0 saturated heterocycles. The van der Waals surface area contributed by atoms with Gasteiger partial charge in [0.25, 0.3) is 0 Å². The molecule has 0 unspecified atom stereocenters. The topological polar surface area (TPSA) is 27.1 Å². The fourth-order valence-electron chi connectivity index (χ4n) is 0.305. The van der Waals surface area contributed by atoms with E-state index >= 15 is 0 Å². The second kappa shape index (κ2) is 16.7. The minimum Gasteiger partial charge on any atom is -0.340 e. The quantitative estimate of drug-likeness (QED) is 0.501. The molecule has 0 radical (unpaired) electrons. The Morgan fingerprint density at radius 3 is 1.58 bits per heavy atom. The highest BCUT2D eigenvalue weighted by molar-refractivity contribution is 5.53. The van der Waals surface area contributed by atoms with Crippen molar-refractivity contribution in [3.05, 3.63) is 11.8 Å². The first kappa shape index (κ1) is 17.3. The van der Waals surface area contributed by atoms with E-state index in [4.69, 9.17) is 5.41 Å². The lowest BCUT2D eigenvalue weighted by molar-refractivity contribution is 0.640. The number of allylic oxidation sites excluding steroid dienone is 2. The molecule has 0 fully saturated rings. The van der Waals surface area contributed by atoms with Crippen LogP contribution < -0.4 is 0 Å². The van der Waals surface area contributed by atoms with Crippen LogP contribution in [0.25, 0.3) is 0 Å². The van der Waals surface area contributed by atoms with Gasteiger partial charge in [0.1, 0.15) is 0 Å². The monoisotopic (exact) mass is 172 g/mol. The molecule has 0 amide bonds. The van der Waals surface area contributed by atoms with Gasteiger partial charge in [-0.25, -0.2) is 0 Å². The molecule has 0 spiro atoms. The van der Waals surface area contributed by atoms with Crippen molar-refractivity contribution in [2.45, 2.75) is 41.5 Å². The molecule has 0 aliphatic heterocycles. The molecule has 0 heterocycles. The highest BCUT2D eigenvalue weighted by Gasteiger charge is 1.87. The van der Waals surface area contributed by atoms with Gasteiger partial charge in [-0.1, -0.05) is 33.8 Å². The molecular weight excluding hydrogens is 148 g/mol. The summed E-state index contributed by atoms with van der Waals surface area (Å²) < 4.78 is 0. The van der Waals surface area contributed by atoms with Crippen LogP contribution in [-0.4, -0.2) is 18.3 Å². The smallest absolute Gasteiger partial charge is 0.0856 e. The predicted octanol–water partition coefficient (Wildman–Crippen LogP) is 3.50. The molecule has 0 aliphatic rings. The van der Waals surface area contributed by atoms with E-state index in [0.717, 1.165) is 5.70 Å². The van der Waals surface area contributed by atoms with Crippen LogP contribution in [0, 0.1) is 5.41 Å². The molecular formula is C10H24N2. The number of nitrogens with one attached hydrogen (secondary N) is 1. The van der Waals surface area contributed by atoms with Crippen molar-refractivity contribution in [2.24, 2.45) is 0 Å². The Bertz CT molecular complexity index is 106. The van der Waals surface area contributed by atoms with Gasteiger partial charge in [0.05, 0.1) is 6.34 Å². The Labute approximate surface area is 77.8 Å². The van der Waals surface area contributed by atoms with Crippen molar-refractivity contribution in [3.8, 4) is 0 Å². The molecule has 0 bridgehead atoms. The second-order valence-electron chi connectivity index (χ2n) is 1.67. The Hall–Kier alpha value is -0.790. The number of nitrogens with zero attached hydrogens (tertiary/aromatic N) is 1. The van der Waals surface area contributed by atoms with Gasteiger partial charge >= 0.3 is 0 Å². The maximum absolute atomic E-state index is 6.80. The Morgan fingerprint density at radius 1 is 1.17 bits per heavy atom. The maximum Gasteiger partial charge on any atom is 0.0856 e. The standard InChI is InChI=1S/C6H12N2.2C2H6/c1-4-6(2)8(3)5-7;2*1-2/h4-5,7H,1-3H3;2*1-2H3/b6-4-,7-5?;;. The van der Waals surface area contributed by atoms with Gasteiger partial charge in [0.2, 0.25) is 0 Å². The third-order valence-electron chi connectivity index (χ3n) is 1.17. The van der Waals surface area contributed by atoms with Crippen LogP contribution >= 0.6 is 0 Å². The average Bonchev–Trinajstić information content (AvgIpc) is 2.21. The van der Waals surface area contributed by atoms with E-state index < -0.39 is 0 Å². The number of rotatable bonds is 2. The summed E-state index contributed by atoms with van der Waals surface area (Å²) >= 11 is 0. The van der Waals surface area contributed by atoms with Crippen LogP contribution in [0.2, 0.25) is 0 Å². The number of hydrogen-bond donors (Lipinski definition) is 1. The zero-order valence-corrected chi connectivity index (χ0v) is 9.60. The molecule has 0 rings (SSSR count). The summed E-state index contributed by atoms with van der Waals surface area (Å²) in [6.45, 7) is 11.9. The van der Waals surface area contributed by atoms with Crippen molar-refractivity contribution in [1.82, 2.24) is 4.90 Å². The van der Waals surface area contributed by atoms with E-state index in [2.05, 4.69) is 0 Å². The lowest BCUT2D eigenvalue weighted by atomic mass is 10.4. The van der Waals surface area contributed by atoms with Crippen molar-refractivity contribution >= 4 is 6.34 Å². The largest absolute Gasteiger partial charge is 0.340 e. The van der Waals surface area contributed by atoms with Gasteiger partial charge in [0.15, 0.2) is 0 Å². The van der Waals surface area contributed by atoms with Gasteiger partial charge < -0.3 is 4.90 Å². The molecule has 0 aromatic rings. The first-order chi connectivity index (χ1) is 5.72. The minimum atomic E-state index is 1.10. The summed E-state index contributed by atoms with van der Waals surface area (Å²) in [7, 11) is 1.85. The van der Waals surface area contributed by atoms with Gasteiger partial charge in [-0.2, -0.15) is 0 Å². The van der Waals surface area contributed by atoms with Crippen molar-refractivity contribution < 1.29 is 0 Å². The highest BCUT2D eigenvalue weighted by atomic mass is 15.1. The maximum atomic E-state index is 6.80. The van der Waals surface area contributed by atoms with Crippen molar-refractivity contribution in [2.75, 3.05) is 7.05 Å². The minimum absolute atomic E-state index is 1.10. The van der Waals surface area contributed by atoms with Gasteiger partial charge in [-0.05, 0) is 13.8 Å². The fourth-order valence-corrected chi connectivity index (χ4v) is 0.305. The summed E-state index contributed by atoms with van der Waals surface area (Å²) in [4.78, 5) is 1.75. The Kier molecular flexibility index (Phi) is 24.1. The molecule has 0 aromatic carbocycles. The molecule has 0 saturated carbocycles. The summed E-state index contributed by atoms with van der Waals surface area (Å²) in [6, 6.07) is 0. The summed E-state index contributed by atoms with van der Waals surface area (Å²) in [5, 5.41) is 6.80. The molecule has 0 aromatic heterocycles. The van der Waals surface area contributed by atoms with Gasteiger partial charge in [-0.3, -0.25) is 5.41 Å². The van der Waals surface area contributed by atoms with Gasteiger partial charge in [0, 0.05) is 12.7 Å². The normalized spacial score (nSPS) is 8.42. The van der Waals surface area contributed by atoms with Crippen LogP contribution in [-0.2, 0) is 0 Å². The van der Waals surface area contributed by atoms with E-state index in [1.165, 1.54) is 6.34 Å². The first-order valence-corrected chi connectivity index (χ1v) is 4.58. The molecule has 2 heteroatoms. The van der Waals surface area contributed by atoms with Crippen LogP contribution in [0.15, 0.2) is 11.8 Å². The lowest BCUT2D eigenvalue weighted by Crippen LogP contribution is -2.11. The van der Waals surface area contributed by atoms with E-state index in [0.29, 0.717) is 0 Å². The highest BCUT2D eigenvalue weighted by Crippen LogP contribution is 1.93. The molecule has 12 heavy (non-hydrogen) atoms. The summed E-state index contributed by atoms with van der Waals surface area (Å²) in [6.07, 6.45) is 3.25. The first-order valence-electron chi connectivity index (χ1n) is 4.58. The molecule has 2 nitrogen and oxygen atoms in total. The Balaban J connectivity index is -0.000000175. The van der Waals surface area contributed by atoms with Crippen LogP contribution in [0.4, 0.5) is 0 Å². The SMILES string of the molecule is C/C=C(/C)N(C)C=N.CC.CC. The van der Waals surface area contributed by atoms with E-state index in [1.54, 1.807) is 4.90 Å². The summed E-state index contributed by atoms with van der Waals surface area (Å²) in [5.41, 5.74) is 1.10.